The Morgan fingerprint density at radius 3 is 2.38 bits per heavy atom. The lowest BCUT2D eigenvalue weighted by Crippen LogP contribution is -2.34. The summed E-state index contributed by atoms with van der Waals surface area (Å²) in [6.45, 7) is 2.34. The highest BCUT2D eigenvalue weighted by Crippen LogP contribution is 2.39. The lowest BCUT2D eigenvalue weighted by atomic mass is 9.77. The zero-order valence-corrected chi connectivity index (χ0v) is 23.7. The van der Waals surface area contributed by atoms with Crippen LogP contribution in [0.15, 0.2) is 36.4 Å². The number of hydrogen-bond acceptors (Lipinski definition) is 10. The number of nitrogens with zero attached hydrogens (tertiary/aromatic N) is 5. The predicted molar refractivity (Wildman–Crippen MR) is 150 cm³/mol. The number of aliphatic hydroxyl groups is 1. The smallest absolute Gasteiger partial charge is 0.234 e. The Balaban J connectivity index is 1.67. The molecule has 1 fully saturated rings. The van der Waals surface area contributed by atoms with Gasteiger partial charge in [-0.25, -0.2) is 28.4 Å². The number of aliphatic hydroxyl groups excluding tert-OH is 1. The third-order valence-corrected chi connectivity index (χ3v) is 8.30. The van der Waals surface area contributed by atoms with E-state index in [1.54, 1.807) is 41.0 Å². The molecule has 40 heavy (non-hydrogen) atoms. The number of rotatable bonds is 11. The Labute approximate surface area is 236 Å². The number of pyridine rings is 1. The summed E-state index contributed by atoms with van der Waals surface area (Å²) in [6.07, 6.45) is 1.29. The highest BCUT2D eigenvalue weighted by molar-refractivity contribution is 7.92. The molecule has 1 aliphatic rings. The summed E-state index contributed by atoms with van der Waals surface area (Å²) in [6, 6.07) is 10.6. The summed E-state index contributed by atoms with van der Waals surface area (Å²) >= 11 is 6.41. The zero-order chi connectivity index (χ0) is 28.4. The van der Waals surface area contributed by atoms with E-state index in [1.165, 1.54) is 14.2 Å². The van der Waals surface area contributed by atoms with Gasteiger partial charge < -0.3 is 19.3 Å². The number of fused-ring (bicyclic) bond motifs is 1. The van der Waals surface area contributed by atoms with Gasteiger partial charge in [0.15, 0.2) is 28.1 Å². The molecule has 0 amide bonds. The van der Waals surface area contributed by atoms with Gasteiger partial charge in [-0.15, -0.1) is 0 Å². The molecule has 14 heteroatoms. The molecule has 3 heterocycles. The molecular formula is C26H29ClN6O6S. The predicted octanol–water partition coefficient (Wildman–Crippen LogP) is 3.71. The number of sulfonamides is 1. The Morgan fingerprint density at radius 2 is 1.73 bits per heavy atom. The average Bonchev–Trinajstić information content (AvgIpc) is 3.27. The topological polar surface area (TPSA) is 151 Å². The number of imidazole rings is 1. The van der Waals surface area contributed by atoms with Gasteiger partial charge in [-0.3, -0.25) is 9.29 Å². The molecule has 4 aromatic rings. The second kappa shape index (κ2) is 11.4. The SMILES string of the molecule is CCOc1cccc(-c2nc3nc(Cl)c(NS(=O)(=O)CC4CC(CO)C4)nc3n2-c2c(OC)cccc2OC)n1. The van der Waals surface area contributed by atoms with Gasteiger partial charge in [-0.05, 0) is 49.8 Å². The number of nitrogens with one attached hydrogen (secondary N) is 1. The summed E-state index contributed by atoms with van der Waals surface area (Å²) in [7, 11) is -0.759. The molecule has 0 bridgehead atoms. The highest BCUT2D eigenvalue weighted by atomic mass is 35.5. The third-order valence-electron chi connectivity index (χ3n) is 6.62. The first-order chi connectivity index (χ1) is 19.3. The number of methoxy groups -OCH3 is 2. The van der Waals surface area contributed by atoms with Crippen LogP contribution in [0.4, 0.5) is 5.82 Å². The Morgan fingerprint density at radius 1 is 1.02 bits per heavy atom. The van der Waals surface area contributed by atoms with E-state index in [2.05, 4.69) is 24.7 Å². The van der Waals surface area contributed by atoms with Crippen molar-refractivity contribution in [3.05, 3.63) is 41.6 Å². The minimum atomic E-state index is -3.80. The van der Waals surface area contributed by atoms with Crippen LogP contribution in [0.5, 0.6) is 17.4 Å². The van der Waals surface area contributed by atoms with E-state index in [0.717, 1.165) is 0 Å². The number of halogens is 1. The van der Waals surface area contributed by atoms with Crippen LogP contribution in [0, 0.1) is 11.8 Å². The molecule has 1 aliphatic carbocycles. The number of hydrogen-bond donors (Lipinski definition) is 2. The van der Waals surface area contributed by atoms with Gasteiger partial charge in [0.25, 0.3) is 0 Å². The molecule has 0 radical (unpaired) electrons. The maximum Gasteiger partial charge on any atom is 0.234 e. The maximum absolute atomic E-state index is 13.0. The number of para-hydroxylation sites is 1. The molecule has 212 valence electrons. The van der Waals surface area contributed by atoms with Crippen molar-refractivity contribution in [1.29, 1.82) is 0 Å². The molecule has 0 saturated heterocycles. The fourth-order valence-electron chi connectivity index (χ4n) is 4.80. The van der Waals surface area contributed by atoms with Crippen LogP contribution < -0.4 is 18.9 Å². The summed E-state index contributed by atoms with van der Waals surface area (Å²) in [4.78, 5) is 18.2. The summed E-state index contributed by atoms with van der Waals surface area (Å²) in [5, 5.41) is 9.10. The number of benzene rings is 1. The standard InChI is InChI=1S/C26H29ClN6O6S/c1-4-39-20-10-5-7-17(28-20)25-31-24-26(33(25)21-18(37-2)8-6-9-19(21)38-3)30-23(22(27)29-24)32-40(35,36)14-16-11-15(12-16)13-34/h5-10,15-16,34H,4,11-14H2,1-3H3,(H,30,32). The lowest BCUT2D eigenvalue weighted by molar-refractivity contribution is 0.118. The molecule has 0 spiro atoms. The second-order valence-corrected chi connectivity index (χ2v) is 11.5. The molecule has 3 aromatic heterocycles. The van der Waals surface area contributed by atoms with Crippen LogP contribution in [0.1, 0.15) is 19.8 Å². The van der Waals surface area contributed by atoms with Gasteiger partial charge in [0, 0.05) is 12.7 Å². The molecule has 0 aliphatic heterocycles. The maximum atomic E-state index is 13.0. The summed E-state index contributed by atoms with van der Waals surface area (Å²) in [5.41, 5.74) is 1.26. The van der Waals surface area contributed by atoms with Crippen LogP contribution in [0.25, 0.3) is 28.5 Å². The average molecular weight is 589 g/mol. The van der Waals surface area contributed by atoms with Crippen molar-refractivity contribution in [3.8, 4) is 34.6 Å². The van der Waals surface area contributed by atoms with E-state index in [9.17, 15) is 13.5 Å². The fourth-order valence-corrected chi connectivity index (χ4v) is 6.44. The molecule has 0 unspecified atom stereocenters. The molecule has 2 N–H and O–H groups in total. The Bertz CT molecular complexity index is 1620. The molecule has 1 saturated carbocycles. The Kier molecular flexibility index (Phi) is 7.97. The first kappa shape index (κ1) is 27.9. The van der Waals surface area contributed by atoms with E-state index in [0.29, 0.717) is 54.0 Å². The van der Waals surface area contributed by atoms with E-state index in [-0.39, 0.29) is 46.5 Å². The van der Waals surface area contributed by atoms with Crippen molar-refractivity contribution in [1.82, 2.24) is 24.5 Å². The van der Waals surface area contributed by atoms with Crippen molar-refractivity contribution in [2.45, 2.75) is 19.8 Å². The van der Waals surface area contributed by atoms with Gasteiger partial charge in [-0.2, -0.15) is 0 Å². The van der Waals surface area contributed by atoms with Crippen LogP contribution in [0.2, 0.25) is 5.15 Å². The third kappa shape index (κ3) is 5.49. The summed E-state index contributed by atoms with van der Waals surface area (Å²) < 4.78 is 47.0. The van der Waals surface area contributed by atoms with E-state index >= 15 is 0 Å². The van der Waals surface area contributed by atoms with Gasteiger partial charge in [0.1, 0.15) is 22.9 Å². The number of aromatic nitrogens is 5. The van der Waals surface area contributed by atoms with Crippen molar-refractivity contribution >= 4 is 38.7 Å². The van der Waals surface area contributed by atoms with Crippen molar-refractivity contribution < 1.29 is 27.7 Å². The fraction of sp³-hybridized carbons (Fsp3) is 0.385. The summed E-state index contributed by atoms with van der Waals surface area (Å²) in [5.74, 6) is 1.47. The minimum Gasteiger partial charge on any atom is -0.494 e. The minimum absolute atomic E-state index is 0.0521. The quantitative estimate of drug-likeness (QED) is 0.265. The molecule has 0 atom stereocenters. The van der Waals surface area contributed by atoms with E-state index in [4.69, 9.17) is 25.8 Å². The first-order valence-electron chi connectivity index (χ1n) is 12.7. The van der Waals surface area contributed by atoms with Gasteiger partial charge in [0.2, 0.25) is 15.9 Å². The number of ether oxygens (including phenoxy) is 3. The largest absolute Gasteiger partial charge is 0.494 e. The Hall–Kier alpha value is -3.68. The molecule has 5 rings (SSSR count). The van der Waals surface area contributed by atoms with Crippen molar-refractivity contribution in [3.63, 3.8) is 0 Å². The zero-order valence-electron chi connectivity index (χ0n) is 22.2. The second-order valence-electron chi connectivity index (χ2n) is 9.36. The van der Waals surface area contributed by atoms with Crippen molar-refractivity contribution in [2.24, 2.45) is 11.8 Å². The van der Waals surface area contributed by atoms with Crippen LogP contribution in [0.3, 0.4) is 0 Å². The molecular weight excluding hydrogens is 560 g/mol. The normalized spacial score (nSPS) is 16.9. The monoisotopic (exact) mass is 588 g/mol. The lowest BCUT2D eigenvalue weighted by Gasteiger charge is -2.33. The van der Waals surface area contributed by atoms with Gasteiger partial charge >= 0.3 is 0 Å². The molecule has 1 aromatic carbocycles. The first-order valence-corrected chi connectivity index (χ1v) is 14.7. The van der Waals surface area contributed by atoms with Gasteiger partial charge in [-0.1, -0.05) is 23.7 Å². The van der Waals surface area contributed by atoms with E-state index in [1.807, 2.05) is 6.92 Å². The van der Waals surface area contributed by atoms with Crippen LogP contribution in [-0.2, 0) is 10.0 Å². The van der Waals surface area contributed by atoms with Crippen LogP contribution in [-0.4, -0.2) is 71.2 Å². The molecule has 12 nitrogen and oxygen atoms in total. The van der Waals surface area contributed by atoms with E-state index < -0.39 is 10.0 Å². The van der Waals surface area contributed by atoms with Crippen LogP contribution >= 0.6 is 11.6 Å². The van der Waals surface area contributed by atoms with Gasteiger partial charge in [0.05, 0.1) is 26.6 Å². The highest BCUT2D eigenvalue weighted by Gasteiger charge is 2.33. The number of anilines is 1. The van der Waals surface area contributed by atoms with Crippen molar-refractivity contribution in [2.75, 3.05) is 37.9 Å².